The Labute approximate surface area is 92.8 Å². The summed E-state index contributed by atoms with van der Waals surface area (Å²) >= 11 is 0. The first kappa shape index (κ1) is 10.5. The third-order valence-corrected chi connectivity index (χ3v) is 2.53. The summed E-state index contributed by atoms with van der Waals surface area (Å²) in [5.74, 6) is -0.326. The zero-order chi connectivity index (χ0) is 11.7. The van der Waals surface area contributed by atoms with E-state index in [0.717, 1.165) is 10.9 Å². The number of nitrogens with zero attached hydrogens (tertiary/aromatic N) is 2. The molecule has 5 heteroatoms. The normalized spacial score (nSPS) is 12.6. The average molecular weight is 219 g/mol. The summed E-state index contributed by atoms with van der Waals surface area (Å²) in [5.41, 5.74) is 7.18. The quantitative estimate of drug-likeness (QED) is 0.611. The van der Waals surface area contributed by atoms with Crippen LogP contribution in [0, 0.1) is 0 Å². The summed E-state index contributed by atoms with van der Waals surface area (Å²) in [7, 11) is 1.36. The molecular formula is C11H13N3O2. The number of anilines is 1. The molecule has 2 rings (SSSR count). The number of esters is 1. The number of hydrogen-bond acceptors (Lipinski definition) is 4. The highest BCUT2D eigenvalue weighted by atomic mass is 16.5. The van der Waals surface area contributed by atoms with E-state index in [1.54, 1.807) is 29.9 Å². The van der Waals surface area contributed by atoms with Gasteiger partial charge in [-0.3, -0.25) is 4.68 Å². The van der Waals surface area contributed by atoms with E-state index in [1.807, 2.05) is 6.07 Å². The molecule has 0 spiro atoms. The van der Waals surface area contributed by atoms with E-state index >= 15 is 0 Å². The number of ether oxygens (including phenoxy) is 1. The molecule has 1 aromatic carbocycles. The molecule has 2 aromatic rings. The first-order valence-corrected chi connectivity index (χ1v) is 4.94. The van der Waals surface area contributed by atoms with E-state index in [9.17, 15) is 4.79 Å². The van der Waals surface area contributed by atoms with Crippen LogP contribution >= 0.6 is 0 Å². The summed E-state index contributed by atoms with van der Waals surface area (Å²) in [4.78, 5) is 11.4. The van der Waals surface area contributed by atoms with Gasteiger partial charge in [0.2, 0.25) is 0 Å². The van der Waals surface area contributed by atoms with Crippen LogP contribution in [-0.4, -0.2) is 22.9 Å². The van der Waals surface area contributed by atoms with Gasteiger partial charge in [0.25, 0.3) is 0 Å². The van der Waals surface area contributed by atoms with Gasteiger partial charge >= 0.3 is 5.97 Å². The van der Waals surface area contributed by atoms with E-state index in [4.69, 9.17) is 5.73 Å². The molecule has 0 fully saturated rings. The molecule has 5 nitrogen and oxygen atoms in total. The van der Waals surface area contributed by atoms with Crippen LogP contribution in [0.15, 0.2) is 24.4 Å². The molecule has 0 aliphatic rings. The summed E-state index contributed by atoms with van der Waals surface area (Å²) < 4.78 is 6.29. The van der Waals surface area contributed by atoms with Crippen LogP contribution in [0.3, 0.4) is 0 Å². The smallest absolute Gasteiger partial charge is 0.330 e. The van der Waals surface area contributed by atoms with Gasteiger partial charge in [0.05, 0.1) is 18.8 Å². The summed E-state index contributed by atoms with van der Waals surface area (Å²) in [6, 6.07) is 5.01. The Kier molecular flexibility index (Phi) is 2.52. The van der Waals surface area contributed by atoms with Gasteiger partial charge in [-0.2, -0.15) is 5.10 Å². The van der Waals surface area contributed by atoms with Gasteiger partial charge < -0.3 is 10.5 Å². The van der Waals surface area contributed by atoms with Crippen molar-refractivity contribution >= 4 is 22.6 Å². The van der Waals surface area contributed by atoms with Crippen molar-refractivity contribution in [3.05, 3.63) is 24.4 Å². The SMILES string of the molecule is COC(=O)C(C)n1ncc2ccc(N)cc21. The molecule has 1 atom stereocenters. The maximum atomic E-state index is 11.4. The average Bonchev–Trinajstić information content (AvgIpc) is 2.69. The second kappa shape index (κ2) is 3.84. The van der Waals surface area contributed by atoms with Crippen molar-refractivity contribution in [3.8, 4) is 0 Å². The minimum atomic E-state index is -0.454. The third kappa shape index (κ3) is 1.60. The Morgan fingerprint density at radius 3 is 3.00 bits per heavy atom. The van der Waals surface area contributed by atoms with Gasteiger partial charge in [-0.1, -0.05) is 0 Å². The van der Waals surface area contributed by atoms with Gasteiger partial charge in [0.15, 0.2) is 0 Å². The van der Waals surface area contributed by atoms with E-state index < -0.39 is 6.04 Å². The lowest BCUT2D eigenvalue weighted by Crippen LogP contribution is -2.18. The number of fused-ring (bicyclic) bond motifs is 1. The van der Waals surface area contributed by atoms with Crippen molar-refractivity contribution in [1.29, 1.82) is 0 Å². The molecular weight excluding hydrogens is 206 g/mol. The Morgan fingerprint density at radius 1 is 1.56 bits per heavy atom. The van der Waals surface area contributed by atoms with Crippen LogP contribution in [0.5, 0.6) is 0 Å². The number of nitrogens with two attached hydrogens (primary N) is 1. The minimum absolute atomic E-state index is 0.326. The maximum absolute atomic E-state index is 11.4. The Bertz CT molecular complexity index is 533. The monoisotopic (exact) mass is 219 g/mol. The van der Waals surface area contributed by atoms with Crippen molar-refractivity contribution in [2.45, 2.75) is 13.0 Å². The molecule has 16 heavy (non-hydrogen) atoms. The number of hydrogen-bond donors (Lipinski definition) is 1. The lowest BCUT2D eigenvalue weighted by Gasteiger charge is -2.10. The van der Waals surface area contributed by atoms with E-state index in [0.29, 0.717) is 5.69 Å². The molecule has 0 saturated heterocycles. The molecule has 1 unspecified atom stereocenters. The largest absolute Gasteiger partial charge is 0.467 e. The van der Waals surface area contributed by atoms with Crippen LogP contribution in [0.25, 0.3) is 10.9 Å². The molecule has 1 aromatic heterocycles. The second-order valence-electron chi connectivity index (χ2n) is 3.61. The van der Waals surface area contributed by atoms with Crippen LogP contribution in [0.1, 0.15) is 13.0 Å². The first-order valence-electron chi connectivity index (χ1n) is 4.94. The number of benzene rings is 1. The number of carbonyl (C=O) groups excluding carboxylic acids is 1. The van der Waals surface area contributed by atoms with E-state index in [-0.39, 0.29) is 5.97 Å². The topological polar surface area (TPSA) is 70.1 Å². The van der Waals surface area contributed by atoms with Crippen LogP contribution < -0.4 is 5.73 Å². The number of aromatic nitrogens is 2. The van der Waals surface area contributed by atoms with Crippen LogP contribution in [0.2, 0.25) is 0 Å². The fraction of sp³-hybridized carbons (Fsp3) is 0.273. The minimum Gasteiger partial charge on any atom is -0.467 e. The first-order chi connectivity index (χ1) is 7.63. The fourth-order valence-corrected chi connectivity index (χ4v) is 1.63. The molecule has 0 amide bonds. The van der Waals surface area contributed by atoms with Gasteiger partial charge in [-0.05, 0) is 25.1 Å². The summed E-state index contributed by atoms with van der Waals surface area (Å²) in [6.45, 7) is 1.74. The van der Waals surface area contributed by atoms with E-state index in [1.165, 1.54) is 7.11 Å². The van der Waals surface area contributed by atoms with Gasteiger partial charge in [-0.15, -0.1) is 0 Å². The van der Waals surface area contributed by atoms with Gasteiger partial charge in [0.1, 0.15) is 6.04 Å². The summed E-state index contributed by atoms with van der Waals surface area (Å²) in [5, 5.41) is 5.11. The van der Waals surface area contributed by atoms with Gasteiger partial charge in [0, 0.05) is 11.1 Å². The zero-order valence-electron chi connectivity index (χ0n) is 9.18. The molecule has 1 heterocycles. The third-order valence-electron chi connectivity index (χ3n) is 2.53. The second-order valence-corrected chi connectivity index (χ2v) is 3.61. The lowest BCUT2D eigenvalue weighted by molar-refractivity contribution is -0.144. The summed E-state index contributed by atoms with van der Waals surface area (Å²) in [6.07, 6.45) is 1.70. The molecule has 84 valence electrons. The lowest BCUT2D eigenvalue weighted by atomic mass is 10.2. The molecule has 0 radical (unpaired) electrons. The molecule has 0 bridgehead atoms. The molecule has 0 aliphatic heterocycles. The predicted molar refractivity (Wildman–Crippen MR) is 60.9 cm³/mol. The Hall–Kier alpha value is -2.04. The number of carbonyl (C=O) groups is 1. The van der Waals surface area contributed by atoms with Crippen molar-refractivity contribution in [3.63, 3.8) is 0 Å². The molecule has 0 aliphatic carbocycles. The fourth-order valence-electron chi connectivity index (χ4n) is 1.63. The number of methoxy groups -OCH3 is 1. The van der Waals surface area contributed by atoms with E-state index in [2.05, 4.69) is 9.84 Å². The Balaban J connectivity index is 2.52. The van der Waals surface area contributed by atoms with Crippen molar-refractivity contribution in [1.82, 2.24) is 9.78 Å². The zero-order valence-corrected chi connectivity index (χ0v) is 9.18. The highest BCUT2D eigenvalue weighted by molar-refractivity contribution is 5.84. The molecule has 2 N–H and O–H groups in total. The van der Waals surface area contributed by atoms with Crippen LogP contribution in [-0.2, 0) is 9.53 Å². The standard InChI is InChI=1S/C11H13N3O2/c1-7(11(15)16-2)14-10-5-9(12)4-3-8(10)6-13-14/h3-7H,12H2,1-2H3. The Morgan fingerprint density at radius 2 is 2.31 bits per heavy atom. The number of nitrogen functional groups attached to an aromatic ring is 1. The molecule has 0 saturated carbocycles. The van der Waals surface area contributed by atoms with Crippen LogP contribution in [0.4, 0.5) is 5.69 Å². The van der Waals surface area contributed by atoms with Crippen molar-refractivity contribution < 1.29 is 9.53 Å². The highest BCUT2D eigenvalue weighted by Crippen LogP contribution is 2.20. The number of rotatable bonds is 2. The van der Waals surface area contributed by atoms with Crippen molar-refractivity contribution in [2.24, 2.45) is 0 Å². The van der Waals surface area contributed by atoms with Gasteiger partial charge in [-0.25, -0.2) is 4.79 Å². The maximum Gasteiger partial charge on any atom is 0.330 e. The highest BCUT2D eigenvalue weighted by Gasteiger charge is 2.18. The predicted octanol–water partition coefficient (Wildman–Crippen LogP) is 1.35. The van der Waals surface area contributed by atoms with Crippen molar-refractivity contribution in [2.75, 3.05) is 12.8 Å².